The van der Waals surface area contributed by atoms with Crippen LogP contribution in [0.4, 0.5) is 5.69 Å². The van der Waals surface area contributed by atoms with E-state index in [4.69, 9.17) is 9.40 Å². The molecule has 1 N–H and O–H groups in total. The highest BCUT2D eigenvalue weighted by molar-refractivity contribution is 6.03. The molecule has 0 atom stereocenters. The molecule has 7 heteroatoms. The van der Waals surface area contributed by atoms with Crippen LogP contribution in [-0.4, -0.2) is 39.4 Å². The van der Waals surface area contributed by atoms with Crippen LogP contribution in [0.3, 0.4) is 0 Å². The Balaban J connectivity index is 1.49. The zero-order valence-electron chi connectivity index (χ0n) is 15.3. The topological polar surface area (TPSA) is 80.4 Å². The Kier molecular flexibility index (Phi) is 4.66. The fourth-order valence-electron chi connectivity index (χ4n) is 3.48. The van der Waals surface area contributed by atoms with Crippen molar-refractivity contribution in [2.75, 3.05) is 18.4 Å². The van der Waals surface area contributed by atoms with Gasteiger partial charge in [0.25, 0.3) is 5.91 Å². The van der Waals surface area contributed by atoms with Crippen molar-refractivity contribution in [2.24, 2.45) is 7.05 Å². The van der Waals surface area contributed by atoms with Gasteiger partial charge in [-0.05, 0) is 43.2 Å². The van der Waals surface area contributed by atoms with Gasteiger partial charge in [0.1, 0.15) is 5.82 Å². The SMILES string of the molecule is Cn1c(CCN2CCCCC2=O)nc2cc(NC(=O)c3ccco3)ccc21. The zero-order valence-corrected chi connectivity index (χ0v) is 15.3. The highest BCUT2D eigenvalue weighted by atomic mass is 16.3. The Hall–Kier alpha value is -3.09. The molecule has 0 bridgehead atoms. The van der Waals surface area contributed by atoms with Gasteiger partial charge in [0, 0.05) is 38.7 Å². The van der Waals surface area contributed by atoms with Crippen molar-refractivity contribution in [3.8, 4) is 0 Å². The first-order chi connectivity index (χ1) is 13.1. The molecule has 3 aromatic rings. The summed E-state index contributed by atoms with van der Waals surface area (Å²) in [6, 6.07) is 8.94. The predicted octanol–water partition coefficient (Wildman–Crippen LogP) is 2.97. The van der Waals surface area contributed by atoms with Crippen molar-refractivity contribution in [1.82, 2.24) is 14.5 Å². The molecule has 0 radical (unpaired) electrons. The van der Waals surface area contributed by atoms with E-state index in [0.29, 0.717) is 25.1 Å². The van der Waals surface area contributed by atoms with Crippen LogP contribution >= 0.6 is 0 Å². The molecule has 0 unspecified atom stereocenters. The summed E-state index contributed by atoms with van der Waals surface area (Å²) in [6.07, 6.45) is 4.91. The first kappa shape index (κ1) is 17.3. The number of nitrogens with zero attached hydrogens (tertiary/aromatic N) is 3. The van der Waals surface area contributed by atoms with Crippen LogP contribution in [-0.2, 0) is 18.3 Å². The number of fused-ring (bicyclic) bond motifs is 1. The molecule has 0 spiro atoms. The lowest BCUT2D eigenvalue weighted by Crippen LogP contribution is -2.36. The number of aryl methyl sites for hydroxylation is 1. The number of rotatable bonds is 5. The molecular formula is C20H22N4O3. The Labute approximate surface area is 157 Å². The maximum atomic E-state index is 12.1. The van der Waals surface area contributed by atoms with Crippen molar-refractivity contribution >= 4 is 28.5 Å². The van der Waals surface area contributed by atoms with Crippen LogP contribution in [0.1, 0.15) is 35.6 Å². The molecule has 0 saturated carbocycles. The summed E-state index contributed by atoms with van der Waals surface area (Å²) >= 11 is 0. The third kappa shape index (κ3) is 3.58. The number of hydrogen-bond acceptors (Lipinski definition) is 4. The Morgan fingerprint density at radius 1 is 1.30 bits per heavy atom. The van der Waals surface area contributed by atoms with Gasteiger partial charge in [0.05, 0.1) is 17.3 Å². The Morgan fingerprint density at radius 2 is 2.19 bits per heavy atom. The third-order valence-corrected chi connectivity index (χ3v) is 5.00. The van der Waals surface area contributed by atoms with Crippen molar-refractivity contribution in [3.05, 3.63) is 48.2 Å². The van der Waals surface area contributed by atoms with Gasteiger partial charge in [-0.3, -0.25) is 9.59 Å². The van der Waals surface area contributed by atoms with Gasteiger partial charge < -0.3 is 19.2 Å². The molecule has 1 fully saturated rings. The van der Waals surface area contributed by atoms with Crippen LogP contribution in [0, 0.1) is 0 Å². The van der Waals surface area contributed by atoms with Crippen molar-refractivity contribution in [3.63, 3.8) is 0 Å². The summed E-state index contributed by atoms with van der Waals surface area (Å²) in [4.78, 5) is 30.7. The summed E-state index contributed by atoms with van der Waals surface area (Å²) < 4.78 is 7.16. The number of benzene rings is 1. The van der Waals surface area contributed by atoms with Gasteiger partial charge in [0.2, 0.25) is 5.91 Å². The number of amides is 2. The summed E-state index contributed by atoms with van der Waals surface area (Å²) in [6.45, 7) is 1.53. The first-order valence-corrected chi connectivity index (χ1v) is 9.20. The van der Waals surface area contributed by atoms with Crippen LogP contribution in [0.25, 0.3) is 11.0 Å². The Bertz CT molecular complexity index is 975. The maximum absolute atomic E-state index is 12.1. The van der Waals surface area contributed by atoms with E-state index in [1.807, 2.05) is 34.7 Å². The largest absolute Gasteiger partial charge is 0.459 e. The average molecular weight is 366 g/mol. The van der Waals surface area contributed by atoms with E-state index in [-0.39, 0.29) is 17.6 Å². The average Bonchev–Trinajstić information content (AvgIpc) is 3.30. The summed E-state index contributed by atoms with van der Waals surface area (Å²) in [5, 5.41) is 2.82. The molecule has 140 valence electrons. The molecule has 2 amide bonds. The third-order valence-electron chi connectivity index (χ3n) is 5.00. The molecule has 3 heterocycles. The number of imidazole rings is 1. The summed E-state index contributed by atoms with van der Waals surface area (Å²) in [7, 11) is 1.98. The fraction of sp³-hybridized carbons (Fsp3) is 0.350. The number of aromatic nitrogens is 2. The standard InChI is InChI=1S/C20H22N4O3/c1-23-16-8-7-14(21-20(26)17-5-4-12-27-17)13-15(16)22-18(23)9-11-24-10-3-2-6-19(24)25/h4-5,7-8,12-13H,2-3,6,9-11H2,1H3,(H,21,26). The molecule has 2 aromatic heterocycles. The van der Waals surface area contributed by atoms with Crippen LogP contribution < -0.4 is 5.32 Å². The monoisotopic (exact) mass is 366 g/mol. The lowest BCUT2D eigenvalue weighted by atomic mass is 10.1. The lowest BCUT2D eigenvalue weighted by Gasteiger charge is -2.26. The van der Waals surface area contributed by atoms with E-state index in [9.17, 15) is 9.59 Å². The van der Waals surface area contributed by atoms with E-state index in [1.165, 1.54) is 6.26 Å². The number of furan rings is 1. The Morgan fingerprint density at radius 3 is 2.96 bits per heavy atom. The van der Waals surface area contributed by atoms with Gasteiger partial charge in [-0.2, -0.15) is 0 Å². The highest BCUT2D eigenvalue weighted by Crippen LogP contribution is 2.21. The van der Waals surface area contributed by atoms with Crippen molar-refractivity contribution in [2.45, 2.75) is 25.7 Å². The van der Waals surface area contributed by atoms with E-state index in [2.05, 4.69) is 5.32 Å². The smallest absolute Gasteiger partial charge is 0.291 e. The van der Waals surface area contributed by atoms with Gasteiger partial charge in [-0.25, -0.2) is 4.98 Å². The van der Waals surface area contributed by atoms with E-state index in [0.717, 1.165) is 36.2 Å². The number of hydrogen-bond donors (Lipinski definition) is 1. The van der Waals surface area contributed by atoms with Crippen LogP contribution in [0.15, 0.2) is 41.0 Å². The molecule has 1 aromatic carbocycles. The quantitative estimate of drug-likeness (QED) is 0.753. The normalized spacial score (nSPS) is 14.7. The minimum atomic E-state index is -0.292. The molecule has 1 saturated heterocycles. The zero-order chi connectivity index (χ0) is 18.8. The predicted molar refractivity (Wildman–Crippen MR) is 102 cm³/mol. The molecule has 27 heavy (non-hydrogen) atoms. The molecule has 0 aliphatic carbocycles. The second-order valence-corrected chi connectivity index (χ2v) is 6.81. The number of likely N-dealkylation sites (tertiary alicyclic amines) is 1. The van der Waals surface area contributed by atoms with Crippen molar-refractivity contribution < 1.29 is 14.0 Å². The number of anilines is 1. The van der Waals surface area contributed by atoms with E-state index < -0.39 is 0 Å². The summed E-state index contributed by atoms with van der Waals surface area (Å²) in [5.74, 6) is 1.14. The molecule has 1 aliphatic rings. The van der Waals surface area contributed by atoms with Crippen LogP contribution in [0.5, 0.6) is 0 Å². The minimum Gasteiger partial charge on any atom is -0.459 e. The molecule has 1 aliphatic heterocycles. The van der Waals surface area contributed by atoms with Crippen LogP contribution in [0.2, 0.25) is 0 Å². The second-order valence-electron chi connectivity index (χ2n) is 6.81. The molecule has 4 rings (SSSR count). The van der Waals surface area contributed by atoms with Gasteiger partial charge >= 0.3 is 0 Å². The number of carbonyl (C=O) groups is 2. The summed E-state index contributed by atoms with van der Waals surface area (Å²) in [5.41, 5.74) is 2.47. The van der Waals surface area contributed by atoms with Gasteiger partial charge in [-0.15, -0.1) is 0 Å². The van der Waals surface area contributed by atoms with E-state index in [1.54, 1.807) is 12.1 Å². The molecular weight excluding hydrogens is 344 g/mol. The first-order valence-electron chi connectivity index (χ1n) is 9.20. The van der Waals surface area contributed by atoms with Crippen molar-refractivity contribution in [1.29, 1.82) is 0 Å². The minimum absolute atomic E-state index is 0.239. The lowest BCUT2D eigenvalue weighted by molar-refractivity contribution is -0.133. The van der Waals surface area contributed by atoms with E-state index >= 15 is 0 Å². The highest BCUT2D eigenvalue weighted by Gasteiger charge is 2.19. The number of piperidine rings is 1. The van der Waals surface area contributed by atoms with Gasteiger partial charge in [-0.1, -0.05) is 0 Å². The van der Waals surface area contributed by atoms with Gasteiger partial charge in [0.15, 0.2) is 5.76 Å². The number of carbonyl (C=O) groups excluding carboxylic acids is 2. The fourth-order valence-corrected chi connectivity index (χ4v) is 3.48. The molecule has 7 nitrogen and oxygen atoms in total. The second kappa shape index (κ2) is 7.26. The number of nitrogens with one attached hydrogen (secondary N) is 1. The maximum Gasteiger partial charge on any atom is 0.291 e.